The number of allylic oxidation sites excluding steroid dienone is 2. The Hall–Kier alpha value is -0.0100. The minimum absolute atomic E-state index is 0.0177. The lowest BCUT2D eigenvalue weighted by molar-refractivity contribution is -0.119. The Labute approximate surface area is 76.4 Å². The summed E-state index contributed by atoms with van der Waals surface area (Å²) < 4.78 is 0. The molecule has 11 heavy (non-hydrogen) atoms. The van der Waals surface area contributed by atoms with E-state index >= 15 is 0 Å². The molecule has 1 aliphatic carbocycles. The van der Waals surface area contributed by atoms with E-state index in [4.69, 9.17) is 23.2 Å². The number of alkyl halides is 1. The predicted octanol–water partition coefficient (Wildman–Crippen LogP) is 2.72. The standard InChI is InChI=1S/C8H10Cl2O/c1-8(2)3-5(9)7(10)6(11)4-8/h3,7H,4H2,1-2H3. The van der Waals surface area contributed by atoms with Gasteiger partial charge in [-0.05, 0) is 5.41 Å². The molecule has 3 heteroatoms. The van der Waals surface area contributed by atoms with Crippen molar-refractivity contribution < 1.29 is 4.79 Å². The van der Waals surface area contributed by atoms with Gasteiger partial charge in [-0.25, -0.2) is 0 Å². The Morgan fingerprint density at radius 2 is 2.18 bits per heavy atom. The highest BCUT2D eigenvalue weighted by molar-refractivity contribution is 6.44. The number of hydrogen-bond acceptors (Lipinski definition) is 1. The Morgan fingerprint density at radius 1 is 1.64 bits per heavy atom. The maximum Gasteiger partial charge on any atom is 0.156 e. The van der Waals surface area contributed by atoms with Crippen molar-refractivity contribution in [2.45, 2.75) is 25.6 Å². The molecule has 0 aliphatic heterocycles. The van der Waals surface area contributed by atoms with Crippen LogP contribution in [-0.4, -0.2) is 11.2 Å². The van der Waals surface area contributed by atoms with Crippen LogP contribution in [-0.2, 0) is 4.79 Å². The van der Waals surface area contributed by atoms with E-state index in [1.54, 1.807) is 0 Å². The molecule has 0 aromatic carbocycles. The molecule has 0 saturated heterocycles. The van der Waals surface area contributed by atoms with Crippen molar-refractivity contribution in [3.63, 3.8) is 0 Å². The minimum atomic E-state index is -0.607. The maximum atomic E-state index is 11.2. The van der Waals surface area contributed by atoms with Gasteiger partial charge in [0.25, 0.3) is 0 Å². The van der Waals surface area contributed by atoms with E-state index in [9.17, 15) is 4.79 Å². The zero-order valence-electron chi connectivity index (χ0n) is 6.53. The van der Waals surface area contributed by atoms with E-state index in [0.717, 1.165) is 0 Å². The molecule has 0 saturated carbocycles. The number of rotatable bonds is 0. The molecule has 1 rings (SSSR count). The van der Waals surface area contributed by atoms with Crippen LogP contribution in [0.3, 0.4) is 0 Å². The molecule has 0 spiro atoms. The Bertz CT molecular complexity index is 218. The van der Waals surface area contributed by atoms with Gasteiger partial charge < -0.3 is 0 Å². The van der Waals surface area contributed by atoms with E-state index in [2.05, 4.69) is 0 Å². The summed E-state index contributed by atoms with van der Waals surface area (Å²) in [4.78, 5) is 11.2. The van der Waals surface area contributed by atoms with Gasteiger partial charge in [-0.2, -0.15) is 0 Å². The third-order valence-electron chi connectivity index (χ3n) is 1.68. The molecule has 0 fully saturated rings. The van der Waals surface area contributed by atoms with Crippen LogP contribution in [0.2, 0.25) is 0 Å². The predicted molar refractivity (Wildman–Crippen MR) is 47.0 cm³/mol. The van der Waals surface area contributed by atoms with Crippen LogP contribution in [0.25, 0.3) is 0 Å². The minimum Gasteiger partial charge on any atom is -0.298 e. The molecule has 0 heterocycles. The van der Waals surface area contributed by atoms with E-state index < -0.39 is 5.38 Å². The van der Waals surface area contributed by atoms with Gasteiger partial charge in [-0.3, -0.25) is 4.79 Å². The summed E-state index contributed by atoms with van der Waals surface area (Å²) in [6.45, 7) is 3.94. The number of Topliss-reactive ketones (excluding diaryl/α,β-unsaturated/α-hetero) is 1. The number of ketones is 1. The lowest BCUT2D eigenvalue weighted by Crippen LogP contribution is -2.28. The molecule has 1 aliphatic rings. The van der Waals surface area contributed by atoms with Crippen LogP contribution in [0.1, 0.15) is 20.3 Å². The van der Waals surface area contributed by atoms with Crippen LogP contribution in [0, 0.1) is 5.41 Å². The molecule has 0 aromatic rings. The van der Waals surface area contributed by atoms with Crippen LogP contribution in [0.5, 0.6) is 0 Å². The molecular weight excluding hydrogens is 183 g/mol. The van der Waals surface area contributed by atoms with Gasteiger partial charge in [0, 0.05) is 11.5 Å². The summed E-state index contributed by atoms with van der Waals surface area (Å²) in [7, 11) is 0. The maximum absolute atomic E-state index is 11.2. The smallest absolute Gasteiger partial charge is 0.156 e. The normalized spacial score (nSPS) is 30.0. The average Bonchev–Trinajstić information content (AvgIpc) is 1.81. The summed E-state index contributed by atoms with van der Waals surface area (Å²) in [6.07, 6.45) is 2.34. The lowest BCUT2D eigenvalue weighted by atomic mass is 9.82. The van der Waals surface area contributed by atoms with Crippen molar-refractivity contribution in [3.05, 3.63) is 11.1 Å². The second kappa shape index (κ2) is 2.80. The number of hydrogen-bond donors (Lipinski definition) is 0. The summed E-state index contributed by atoms with van der Waals surface area (Å²) in [5.74, 6) is 0.0177. The first-order valence-electron chi connectivity index (χ1n) is 3.47. The molecule has 1 atom stereocenters. The monoisotopic (exact) mass is 192 g/mol. The highest BCUT2D eigenvalue weighted by Gasteiger charge is 2.32. The van der Waals surface area contributed by atoms with Crippen molar-refractivity contribution in [1.82, 2.24) is 0 Å². The Kier molecular flexibility index (Phi) is 2.31. The van der Waals surface area contributed by atoms with E-state index in [1.165, 1.54) is 0 Å². The SMILES string of the molecule is CC1(C)C=C(Cl)C(Cl)C(=O)C1. The summed E-state index contributed by atoms with van der Waals surface area (Å²) >= 11 is 11.4. The fourth-order valence-electron chi connectivity index (χ4n) is 1.19. The molecular formula is C8H10Cl2O. The molecule has 0 aromatic heterocycles. The highest BCUT2D eigenvalue weighted by atomic mass is 35.5. The van der Waals surface area contributed by atoms with Crippen molar-refractivity contribution >= 4 is 29.0 Å². The second-order valence-corrected chi connectivity index (χ2v) is 4.40. The zero-order chi connectivity index (χ0) is 8.65. The van der Waals surface area contributed by atoms with E-state index in [0.29, 0.717) is 11.5 Å². The van der Waals surface area contributed by atoms with Crippen molar-refractivity contribution in [2.75, 3.05) is 0 Å². The quantitative estimate of drug-likeness (QED) is 0.540. The zero-order valence-corrected chi connectivity index (χ0v) is 8.04. The second-order valence-electron chi connectivity index (χ2n) is 3.52. The van der Waals surface area contributed by atoms with Crippen molar-refractivity contribution in [2.24, 2.45) is 5.41 Å². The fraction of sp³-hybridized carbons (Fsp3) is 0.625. The van der Waals surface area contributed by atoms with Crippen molar-refractivity contribution in [1.29, 1.82) is 0 Å². The number of carbonyl (C=O) groups is 1. The topological polar surface area (TPSA) is 17.1 Å². The third kappa shape index (κ3) is 1.97. The molecule has 62 valence electrons. The number of halogens is 2. The third-order valence-corrected chi connectivity index (χ3v) is 2.60. The molecule has 1 unspecified atom stereocenters. The summed E-state index contributed by atoms with van der Waals surface area (Å²) in [5, 5.41) is -0.141. The van der Waals surface area contributed by atoms with Crippen LogP contribution >= 0.6 is 23.2 Å². The Morgan fingerprint density at radius 3 is 2.64 bits per heavy atom. The van der Waals surface area contributed by atoms with E-state index in [1.807, 2.05) is 19.9 Å². The average molecular weight is 193 g/mol. The summed E-state index contributed by atoms with van der Waals surface area (Å²) in [6, 6.07) is 0. The van der Waals surface area contributed by atoms with Gasteiger partial charge in [0.15, 0.2) is 5.78 Å². The van der Waals surface area contributed by atoms with Crippen LogP contribution in [0.15, 0.2) is 11.1 Å². The van der Waals surface area contributed by atoms with Gasteiger partial charge in [0.1, 0.15) is 5.38 Å². The van der Waals surface area contributed by atoms with Gasteiger partial charge >= 0.3 is 0 Å². The molecule has 0 N–H and O–H groups in total. The molecule has 0 amide bonds. The lowest BCUT2D eigenvalue weighted by Gasteiger charge is -2.26. The van der Waals surface area contributed by atoms with E-state index in [-0.39, 0.29) is 11.2 Å². The molecule has 1 nitrogen and oxygen atoms in total. The highest BCUT2D eigenvalue weighted by Crippen LogP contribution is 2.34. The van der Waals surface area contributed by atoms with Crippen LogP contribution in [0.4, 0.5) is 0 Å². The van der Waals surface area contributed by atoms with Gasteiger partial charge in [0.05, 0.1) is 0 Å². The molecule has 0 radical (unpaired) electrons. The van der Waals surface area contributed by atoms with Crippen LogP contribution < -0.4 is 0 Å². The first-order valence-corrected chi connectivity index (χ1v) is 4.29. The van der Waals surface area contributed by atoms with Gasteiger partial charge in [-0.15, -0.1) is 11.6 Å². The van der Waals surface area contributed by atoms with Crippen molar-refractivity contribution in [3.8, 4) is 0 Å². The summed E-state index contributed by atoms with van der Waals surface area (Å²) in [5.41, 5.74) is -0.125. The fourth-order valence-corrected chi connectivity index (χ4v) is 1.75. The van der Waals surface area contributed by atoms with Gasteiger partial charge in [0.2, 0.25) is 0 Å². The largest absolute Gasteiger partial charge is 0.298 e. The first-order chi connectivity index (χ1) is 4.92. The first kappa shape index (κ1) is 9.08. The van der Waals surface area contributed by atoms with Gasteiger partial charge in [-0.1, -0.05) is 31.5 Å². The number of carbonyl (C=O) groups excluding carboxylic acids is 1. The Balaban J connectivity index is 2.94. The molecule has 0 bridgehead atoms.